The molecule has 0 aliphatic carbocycles. The molecule has 2 aromatic carbocycles. The molecule has 0 saturated heterocycles. The van der Waals surface area contributed by atoms with E-state index in [4.69, 9.17) is 0 Å². The van der Waals surface area contributed by atoms with Gasteiger partial charge in [0.25, 0.3) is 5.56 Å². The van der Waals surface area contributed by atoms with Crippen molar-refractivity contribution < 1.29 is 9.18 Å². The number of aryl methyl sites for hydroxylation is 1. The minimum Gasteiger partial charge on any atom is -0.325 e. The predicted octanol–water partition coefficient (Wildman–Crippen LogP) is 3.61. The number of aromatic nitrogens is 3. The van der Waals surface area contributed by atoms with Gasteiger partial charge in [0.15, 0.2) is 0 Å². The highest BCUT2D eigenvalue weighted by atomic mass is 32.1. The van der Waals surface area contributed by atoms with Gasteiger partial charge in [0, 0.05) is 11.3 Å². The lowest BCUT2D eigenvalue weighted by Gasteiger charge is -2.07. The molecule has 1 amide bonds. The van der Waals surface area contributed by atoms with Gasteiger partial charge in [0.05, 0.1) is 6.33 Å². The lowest BCUT2D eigenvalue weighted by molar-refractivity contribution is -0.116. The zero-order valence-corrected chi connectivity index (χ0v) is 15.7. The van der Waals surface area contributed by atoms with Crippen LogP contribution in [0.3, 0.4) is 0 Å². The van der Waals surface area contributed by atoms with Crippen molar-refractivity contribution in [2.75, 3.05) is 5.32 Å². The monoisotopic (exact) mass is 394 g/mol. The Bertz CT molecular complexity index is 1230. The van der Waals surface area contributed by atoms with Crippen molar-refractivity contribution in [1.82, 2.24) is 13.9 Å². The van der Waals surface area contributed by atoms with Crippen molar-refractivity contribution in [3.63, 3.8) is 0 Å². The first-order valence-electron chi connectivity index (χ1n) is 8.48. The van der Waals surface area contributed by atoms with E-state index in [1.54, 1.807) is 18.2 Å². The van der Waals surface area contributed by atoms with E-state index in [1.807, 2.05) is 25.1 Å². The first kappa shape index (κ1) is 18.0. The van der Waals surface area contributed by atoms with E-state index in [-0.39, 0.29) is 23.8 Å². The Balaban J connectivity index is 1.61. The second-order valence-corrected chi connectivity index (χ2v) is 7.08. The standard InChI is InChI=1S/C20H15FN4O2S/c1-12-3-2-4-15(9-12)23-16(26)10-25-11-22-18-17(24-28-19(18)20(25)27)13-5-7-14(21)8-6-13/h2-9,11H,10H2,1H3,(H,23,26). The smallest absolute Gasteiger partial charge is 0.273 e. The summed E-state index contributed by atoms with van der Waals surface area (Å²) in [5.74, 6) is -0.671. The van der Waals surface area contributed by atoms with Crippen LogP contribution in [0.5, 0.6) is 0 Å². The van der Waals surface area contributed by atoms with Gasteiger partial charge in [-0.15, -0.1) is 0 Å². The lowest BCUT2D eigenvalue weighted by atomic mass is 10.1. The summed E-state index contributed by atoms with van der Waals surface area (Å²) in [6, 6.07) is 13.3. The Morgan fingerprint density at radius 3 is 2.75 bits per heavy atom. The summed E-state index contributed by atoms with van der Waals surface area (Å²) in [5, 5.41) is 2.77. The molecule has 2 heterocycles. The van der Waals surface area contributed by atoms with Gasteiger partial charge in [-0.05, 0) is 60.4 Å². The molecule has 0 aliphatic rings. The van der Waals surface area contributed by atoms with E-state index in [1.165, 1.54) is 23.0 Å². The van der Waals surface area contributed by atoms with E-state index in [2.05, 4.69) is 14.7 Å². The van der Waals surface area contributed by atoms with Crippen molar-refractivity contribution in [3.05, 3.63) is 76.6 Å². The topological polar surface area (TPSA) is 76.9 Å². The predicted molar refractivity (Wildman–Crippen MR) is 107 cm³/mol. The third kappa shape index (κ3) is 3.54. The van der Waals surface area contributed by atoms with Crippen LogP contribution < -0.4 is 10.9 Å². The van der Waals surface area contributed by atoms with Gasteiger partial charge in [-0.3, -0.25) is 14.2 Å². The molecule has 0 radical (unpaired) electrons. The number of rotatable bonds is 4. The van der Waals surface area contributed by atoms with Gasteiger partial charge >= 0.3 is 0 Å². The number of carbonyl (C=O) groups excluding carboxylic acids is 1. The molecule has 140 valence electrons. The number of nitrogens with one attached hydrogen (secondary N) is 1. The van der Waals surface area contributed by atoms with Crippen LogP contribution >= 0.6 is 11.5 Å². The van der Waals surface area contributed by atoms with Gasteiger partial charge < -0.3 is 5.32 Å². The number of carbonyl (C=O) groups is 1. The SMILES string of the molecule is Cc1cccc(NC(=O)Cn2cnc3c(-c4ccc(F)cc4)nsc3c2=O)c1. The molecule has 28 heavy (non-hydrogen) atoms. The highest BCUT2D eigenvalue weighted by molar-refractivity contribution is 7.13. The number of hydrogen-bond acceptors (Lipinski definition) is 5. The molecule has 0 unspecified atom stereocenters. The minimum atomic E-state index is -0.349. The molecule has 4 aromatic rings. The van der Waals surface area contributed by atoms with Gasteiger partial charge in [-0.25, -0.2) is 9.37 Å². The van der Waals surface area contributed by atoms with Crippen LogP contribution in [-0.4, -0.2) is 19.8 Å². The van der Waals surface area contributed by atoms with Crippen LogP contribution in [0.1, 0.15) is 5.56 Å². The average molecular weight is 394 g/mol. The molecule has 8 heteroatoms. The molecule has 6 nitrogen and oxygen atoms in total. The second kappa shape index (κ2) is 7.32. The van der Waals surface area contributed by atoms with E-state index >= 15 is 0 Å². The number of hydrogen-bond donors (Lipinski definition) is 1. The summed E-state index contributed by atoms with van der Waals surface area (Å²) in [4.78, 5) is 29.3. The summed E-state index contributed by atoms with van der Waals surface area (Å²) in [5.41, 5.74) is 3.00. The summed E-state index contributed by atoms with van der Waals surface area (Å²) in [6.07, 6.45) is 1.34. The normalized spacial score (nSPS) is 10.9. The molecule has 0 spiro atoms. The van der Waals surface area contributed by atoms with Crippen LogP contribution in [0.15, 0.2) is 59.7 Å². The lowest BCUT2D eigenvalue weighted by Crippen LogP contribution is -2.27. The Morgan fingerprint density at radius 1 is 1.21 bits per heavy atom. The molecule has 0 aliphatic heterocycles. The molecular weight excluding hydrogens is 379 g/mol. The zero-order valence-electron chi connectivity index (χ0n) is 14.8. The fraction of sp³-hybridized carbons (Fsp3) is 0.100. The largest absolute Gasteiger partial charge is 0.325 e. The Labute approximate surface area is 163 Å². The molecule has 0 atom stereocenters. The van der Waals surface area contributed by atoms with Crippen molar-refractivity contribution in [2.45, 2.75) is 13.5 Å². The second-order valence-electron chi connectivity index (χ2n) is 6.31. The van der Waals surface area contributed by atoms with Crippen LogP contribution in [0, 0.1) is 12.7 Å². The van der Waals surface area contributed by atoms with E-state index in [0.717, 1.165) is 17.1 Å². The molecule has 0 saturated carbocycles. The van der Waals surface area contributed by atoms with Gasteiger partial charge in [-0.2, -0.15) is 4.37 Å². The van der Waals surface area contributed by atoms with E-state index in [0.29, 0.717) is 27.2 Å². The number of benzene rings is 2. The van der Waals surface area contributed by atoms with Crippen LogP contribution in [-0.2, 0) is 11.3 Å². The summed E-state index contributed by atoms with van der Waals surface area (Å²) in [7, 11) is 0. The maximum Gasteiger partial charge on any atom is 0.273 e. The maximum atomic E-state index is 13.1. The molecule has 2 aromatic heterocycles. The Morgan fingerprint density at radius 2 is 2.00 bits per heavy atom. The molecule has 4 rings (SSSR count). The number of nitrogens with zero attached hydrogens (tertiary/aromatic N) is 3. The van der Waals surface area contributed by atoms with Crippen LogP contribution in [0.2, 0.25) is 0 Å². The van der Waals surface area contributed by atoms with Gasteiger partial charge in [0.2, 0.25) is 5.91 Å². The van der Waals surface area contributed by atoms with Crippen LogP contribution in [0.4, 0.5) is 10.1 Å². The first-order chi connectivity index (χ1) is 13.5. The summed E-state index contributed by atoms with van der Waals surface area (Å²) < 4.78 is 19.0. The summed E-state index contributed by atoms with van der Waals surface area (Å²) >= 11 is 1.02. The van der Waals surface area contributed by atoms with Crippen molar-refractivity contribution >= 4 is 33.3 Å². The third-order valence-electron chi connectivity index (χ3n) is 4.18. The number of halogens is 1. The first-order valence-corrected chi connectivity index (χ1v) is 9.26. The highest BCUT2D eigenvalue weighted by Crippen LogP contribution is 2.27. The Kier molecular flexibility index (Phi) is 4.70. The van der Waals surface area contributed by atoms with E-state index in [9.17, 15) is 14.0 Å². The number of amides is 1. The highest BCUT2D eigenvalue weighted by Gasteiger charge is 2.15. The summed E-state index contributed by atoms with van der Waals surface area (Å²) in [6.45, 7) is 1.78. The fourth-order valence-electron chi connectivity index (χ4n) is 2.84. The quantitative estimate of drug-likeness (QED) is 0.574. The molecule has 1 N–H and O–H groups in total. The maximum absolute atomic E-state index is 13.1. The Hall–Kier alpha value is -3.39. The van der Waals surface area contributed by atoms with Crippen molar-refractivity contribution in [3.8, 4) is 11.3 Å². The average Bonchev–Trinajstić information content (AvgIpc) is 3.09. The van der Waals surface area contributed by atoms with Crippen molar-refractivity contribution in [2.24, 2.45) is 0 Å². The molecule has 0 fully saturated rings. The van der Waals surface area contributed by atoms with E-state index < -0.39 is 0 Å². The fourth-order valence-corrected chi connectivity index (χ4v) is 3.65. The number of fused-ring (bicyclic) bond motifs is 1. The molecule has 0 bridgehead atoms. The minimum absolute atomic E-state index is 0.153. The van der Waals surface area contributed by atoms with Gasteiger partial charge in [-0.1, -0.05) is 12.1 Å². The molecular formula is C20H15FN4O2S. The zero-order chi connectivity index (χ0) is 19.7. The van der Waals surface area contributed by atoms with Gasteiger partial charge in [0.1, 0.15) is 28.3 Å². The van der Waals surface area contributed by atoms with Crippen molar-refractivity contribution in [1.29, 1.82) is 0 Å². The third-order valence-corrected chi connectivity index (χ3v) is 5.01. The van der Waals surface area contributed by atoms with Crippen LogP contribution in [0.25, 0.3) is 21.5 Å². The number of anilines is 1.